The van der Waals surface area contributed by atoms with Crippen LogP contribution in [-0.2, 0) is 17.1 Å². The van der Waals surface area contributed by atoms with E-state index in [4.69, 9.17) is 5.14 Å². The SMILES string of the molecule is Cc1cnc(Nc2cccc(S(N)(=O)=O)c2)nc1Nc1ccc2c(cnn2C)c1. The fourth-order valence-electron chi connectivity index (χ4n) is 2.89. The Morgan fingerprint density at radius 3 is 2.62 bits per heavy atom. The molecule has 4 N–H and O–H groups in total. The van der Waals surface area contributed by atoms with Crippen LogP contribution in [0.5, 0.6) is 0 Å². The molecule has 9 nitrogen and oxygen atoms in total. The van der Waals surface area contributed by atoms with Crippen LogP contribution in [0.3, 0.4) is 0 Å². The molecule has 0 saturated carbocycles. The summed E-state index contributed by atoms with van der Waals surface area (Å²) in [4.78, 5) is 8.78. The molecule has 0 bridgehead atoms. The van der Waals surface area contributed by atoms with E-state index in [-0.39, 0.29) is 4.90 Å². The van der Waals surface area contributed by atoms with E-state index in [1.165, 1.54) is 12.1 Å². The Hall–Kier alpha value is -3.50. The van der Waals surface area contributed by atoms with Gasteiger partial charge in [0.25, 0.3) is 0 Å². The molecule has 0 radical (unpaired) electrons. The lowest BCUT2D eigenvalue weighted by atomic mass is 10.2. The highest BCUT2D eigenvalue weighted by molar-refractivity contribution is 7.89. The second-order valence-corrected chi connectivity index (χ2v) is 8.15. The maximum Gasteiger partial charge on any atom is 0.238 e. The Morgan fingerprint density at radius 1 is 1.03 bits per heavy atom. The lowest BCUT2D eigenvalue weighted by molar-refractivity contribution is 0.598. The maximum absolute atomic E-state index is 11.5. The number of aryl methyl sites for hydroxylation is 2. The predicted molar refractivity (Wildman–Crippen MR) is 112 cm³/mol. The number of hydrogen-bond donors (Lipinski definition) is 3. The van der Waals surface area contributed by atoms with Crippen molar-refractivity contribution in [3.63, 3.8) is 0 Å². The summed E-state index contributed by atoms with van der Waals surface area (Å²) in [5, 5.41) is 16.8. The smallest absolute Gasteiger partial charge is 0.238 e. The van der Waals surface area contributed by atoms with E-state index in [1.54, 1.807) is 24.5 Å². The van der Waals surface area contributed by atoms with E-state index in [0.717, 1.165) is 22.2 Å². The summed E-state index contributed by atoms with van der Waals surface area (Å²) < 4.78 is 24.9. The predicted octanol–water partition coefficient (Wildman–Crippen LogP) is 2.81. The Balaban J connectivity index is 1.60. The molecular weight excluding hydrogens is 390 g/mol. The number of nitrogens with one attached hydrogen (secondary N) is 2. The monoisotopic (exact) mass is 409 g/mol. The first-order valence-electron chi connectivity index (χ1n) is 8.72. The molecule has 4 rings (SSSR count). The average Bonchev–Trinajstić information content (AvgIpc) is 3.04. The van der Waals surface area contributed by atoms with Gasteiger partial charge in [-0.15, -0.1) is 0 Å². The molecule has 2 aromatic heterocycles. The molecule has 2 heterocycles. The fraction of sp³-hybridized carbons (Fsp3) is 0.105. The van der Waals surface area contributed by atoms with E-state index < -0.39 is 10.0 Å². The van der Waals surface area contributed by atoms with Gasteiger partial charge in [-0.3, -0.25) is 4.68 Å². The van der Waals surface area contributed by atoms with Crippen LogP contribution in [0.25, 0.3) is 10.9 Å². The Labute approximate surface area is 167 Å². The number of benzene rings is 2. The lowest BCUT2D eigenvalue weighted by Gasteiger charge is -2.11. The second-order valence-electron chi connectivity index (χ2n) is 6.59. The van der Waals surface area contributed by atoms with Crippen molar-refractivity contribution in [2.75, 3.05) is 10.6 Å². The second kappa shape index (κ2) is 7.15. The molecule has 0 fully saturated rings. The highest BCUT2D eigenvalue weighted by Gasteiger charge is 2.10. The standard InChI is InChI=1S/C19H19N7O2S/c1-12-10-21-19(24-14-4-3-5-16(9-14)29(20,27)28)25-18(12)23-15-6-7-17-13(8-15)11-22-26(17)2/h3-11H,1-2H3,(H2,20,27,28)(H2,21,23,24,25). The summed E-state index contributed by atoms with van der Waals surface area (Å²) in [6, 6.07) is 12.1. The molecule has 29 heavy (non-hydrogen) atoms. The van der Waals surface area contributed by atoms with Gasteiger partial charge in [0.1, 0.15) is 5.82 Å². The summed E-state index contributed by atoms with van der Waals surface area (Å²) in [6.45, 7) is 1.90. The van der Waals surface area contributed by atoms with E-state index in [9.17, 15) is 8.42 Å². The highest BCUT2D eigenvalue weighted by Crippen LogP contribution is 2.24. The van der Waals surface area contributed by atoms with Crippen molar-refractivity contribution in [3.8, 4) is 0 Å². The van der Waals surface area contributed by atoms with Crippen molar-refractivity contribution < 1.29 is 8.42 Å². The Bertz CT molecular complexity index is 1320. The minimum absolute atomic E-state index is 0.0118. The van der Waals surface area contributed by atoms with Gasteiger partial charge in [0, 0.05) is 35.6 Å². The van der Waals surface area contributed by atoms with E-state index in [1.807, 2.05) is 36.9 Å². The van der Waals surface area contributed by atoms with Gasteiger partial charge in [0.05, 0.1) is 16.6 Å². The van der Waals surface area contributed by atoms with Crippen LogP contribution in [0, 0.1) is 6.92 Å². The number of fused-ring (bicyclic) bond motifs is 1. The third kappa shape index (κ3) is 4.03. The molecule has 0 atom stereocenters. The largest absolute Gasteiger partial charge is 0.340 e. The van der Waals surface area contributed by atoms with Crippen molar-refractivity contribution in [2.45, 2.75) is 11.8 Å². The first kappa shape index (κ1) is 18.8. The van der Waals surface area contributed by atoms with E-state index in [2.05, 4.69) is 25.7 Å². The van der Waals surface area contributed by atoms with Gasteiger partial charge < -0.3 is 10.6 Å². The minimum Gasteiger partial charge on any atom is -0.340 e. The van der Waals surface area contributed by atoms with Crippen LogP contribution < -0.4 is 15.8 Å². The van der Waals surface area contributed by atoms with E-state index in [0.29, 0.717) is 17.5 Å². The highest BCUT2D eigenvalue weighted by atomic mass is 32.2. The molecule has 0 unspecified atom stereocenters. The summed E-state index contributed by atoms with van der Waals surface area (Å²) in [7, 11) is -1.89. The van der Waals surface area contributed by atoms with Gasteiger partial charge in [0.15, 0.2) is 0 Å². The zero-order valence-corrected chi connectivity index (χ0v) is 16.6. The zero-order chi connectivity index (χ0) is 20.6. The first-order valence-corrected chi connectivity index (χ1v) is 10.3. The summed E-state index contributed by atoms with van der Waals surface area (Å²) in [5.74, 6) is 0.959. The van der Waals surface area contributed by atoms with Gasteiger partial charge in [-0.25, -0.2) is 18.5 Å². The Kier molecular flexibility index (Phi) is 4.65. The summed E-state index contributed by atoms with van der Waals surface area (Å²) >= 11 is 0. The van der Waals surface area contributed by atoms with Crippen LogP contribution in [0.2, 0.25) is 0 Å². The number of anilines is 4. The number of nitrogens with zero attached hydrogens (tertiary/aromatic N) is 4. The van der Waals surface area contributed by atoms with Gasteiger partial charge in [-0.2, -0.15) is 10.1 Å². The van der Waals surface area contributed by atoms with Crippen LogP contribution in [0.4, 0.5) is 23.1 Å². The molecule has 0 aliphatic rings. The number of hydrogen-bond acceptors (Lipinski definition) is 7. The van der Waals surface area contributed by atoms with Crippen LogP contribution in [0.15, 0.2) is 59.8 Å². The molecule has 0 aliphatic carbocycles. The van der Waals surface area contributed by atoms with Crippen LogP contribution in [0.1, 0.15) is 5.56 Å². The Morgan fingerprint density at radius 2 is 1.83 bits per heavy atom. The van der Waals surface area contributed by atoms with Crippen molar-refractivity contribution >= 4 is 44.1 Å². The number of sulfonamides is 1. The molecule has 0 saturated heterocycles. The number of nitrogens with two attached hydrogens (primary N) is 1. The number of primary sulfonamides is 1. The minimum atomic E-state index is -3.79. The van der Waals surface area contributed by atoms with Gasteiger partial charge >= 0.3 is 0 Å². The van der Waals surface area contributed by atoms with Gasteiger partial charge in [-0.05, 0) is 43.3 Å². The van der Waals surface area contributed by atoms with Crippen molar-refractivity contribution in [2.24, 2.45) is 12.2 Å². The molecule has 0 aliphatic heterocycles. The molecule has 2 aromatic carbocycles. The average molecular weight is 409 g/mol. The molecule has 0 spiro atoms. The third-order valence-corrected chi connectivity index (χ3v) is 5.31. The molecule has 0 amide bonds. The van der Waals surface area contributed by atoms with Crippen molar-refractivity contribution in [1.82, 2.24) is 19.7 Å². The van der Waals surface area contributed by atoms with Crippen molar-refractivity contribution in [3.05, 3.63) is 60.4 Å². The summed E-state index contributed by atoms with van der Waals surface area (Å²) in [6.07, 6.45) is 3.49. The van der Waals surface area contributed by atoms with Gasteiger partial charge in [0.2, 0.25) is 16.0 Å². The lowest BCUT2D eigenvalue weighted by Crippen LogP contribution is -2.12. The molecular formula is C19H19N7O2S. The maximum atomic E-state index is 11.5. The number of rotatable bonds is 5. The quantitative estimate of drug-likeness (QED) is 0.462. The third-order valence-electron chi connectivity index (χ3n) is 4.40. The number of aromatic nitrogens is 4. The first-order chi connectivity index (χ1) is 13.8. The van der Waals surface area contributed by atoms with Crippen molar-refractivity contribution in [1.29, 1.82) is 0 Å². The van der Waals surface area contributed by atoms with Gasteiger partial charge in [-0.1, -0.05) is 6.07 Å². The van der Waals surface area contributed by atoms with Crippen LogP contribution >= 0.6 is 0 Å². The molecule has 148 valence electrons. The van der Waals surface area contributed by atoms with E-state index >= 15 is 0 Å². The topological polar surface area (TPSA) is 128 Å². The summed E-state index contributed by atoms with van der Waals surface area (Å²) in [5.41, 5.74) is 3.28. The fourth-order valence-corrected chi connectivity index (χ4v) is 3.45. The van der Waals surface area contributed by atoms with Crippen LogP contribution in [-0.4, -0.2) is 28.2 Å². The molecule has 10 heteroatoms. The zero-order valence-electron chi connectivity index (χ0n) is 15.8. The molecule has 4 aromatic rings. The normalized spacial score (nSPS) is 11.6.